The molecule has 1 radical (unpaired) electrons. The Hall–Kier alpha value is -0.0400. The van der Waals surface area contributed by atoms with Crippen LogP contribution in [0.4, 0.5) is 0 Å². The van der Waals surface area contributed by atoms with Crippen molar-refractivity contribution in [1.82, 2.24) is 0 Å². The van der Waals surface area contributed by atoms with Crippen LogP contribution in [0, 0.1) is 12.8 Å². The van der Waals surface area contributed by atoms with Crippen molar-refractivity contribution in [2.45, 2.75) is 12.8 Å². The molecule has 0 saturated carbocycles. The van der Waals surface area contributed by atoms with Crippen molar-refractivity contribution in [3.05, 3.63) is 6.92 Å². The zero-order valence-electron chi connectivity index (χ0n) is 4.52. The largest absolute Gasteiger partial charge is 0.381 e. The molecule has 0 aromatic rings. The third kappa shape index (κ3) is 1.16. The van der Waals surface area contributed by atoms with Crippen LogP contribution in [0.1, 0.15) is 12.8 Å². The standard InChI is InChI=1S/C6H11O/c1-2-6-3-4-7-5-6/h6H,1-5H2. The highest BCUT2D eigenvalue weighted by Gasteiger charge is 2.11. The van der Waals surface area contributed by atoms with Crippen LogP contribution in [0.5, 0.6) is 0 Å². The molecule has 1 heterocycles. The predicted octanol–water partition coefficient (Wildman–Crippen LogP) is 1.25. The van der Waals surface area contributed by atoms with E-state index in [-0.39, 0.29) is 0 Å². The number of rotatable bonds is 1. The molecule has 1 unspecified atom stereocenters. The minimum absolute atomic E-state index is 0.764. The number of hydrogen-bond donors (Lipinski definition) is 0. The maximum absolute atomic E-state index is 5.11. The first-order chi connectivity index (χ1) is 3.43. The van der Waals surface area contributed by atoms with Crippen molar-refractivity contribution in [1.29, 1.82) is 0 Å². The van der Waals surface area contributed by atoms with Gasteiger partial charge in [-0.15, -0.1) is 0 Å². The summed E-state index contributed by atoms with van der Waals surface area (Å²) < 4.78 is 5.11. The highest BCUT2D eigenvalue weighted by atomic mass is 16.5. The van der Waals surface area contributed by atoms with Crippen molar-refractivity contribution in [3.8, 4) is 0 Å². The zero-order valence-corrected chi connectivity index (χ0v) is 4.52. The lowest BCUT2D eigenvalue weighted by Crippen LogP contribution is -1.94. The van der Waals surface area contributed by atoms with E-state index in [4.69, 9.17) is 4.74 Å². The predicted molar refractivity (Wildman–Crippen MR) is 28.9 cm³/mol. The van der Waals surface area contributed by atoms with E-state index in [1.54, 1.807) is 0 Å². The van der Waals surface area contributed by atoms with E-state index in [0.717, 1.165) is 25.6 Å². The molecule has 1 rings (SSSR count). The fourth-order valence-electron chi connectivity index (χ4n) is 0.811. The Kier molecular flexibility index (Phi) is 1.69. The molecule has 0 amide bonds. The average Bonchev–Trinajstić information content (AvgIpc) is 2.14. The van der Waals surface area contributed by atoms with Gasteiger partial charge in [-0.3, -0.25) is 0 Å². The molecule has 1 saturated heterocycles. The van der Waals surface area contributed by atoms with Gasteiger partial charge in [0, 0.05) is 13.2 Å². The van der Waals surface area contributed by atoms with Crippen LogP contribution in [0.2, 0.25) is 0 Å². The second-order valence-corrected chi connectivity index (χ2v) is 2.02. The maximum atomic E-state index is 5.11. The second kappa shape index (κ2) is 2.31. The Morgan fingerprint density at radius 1 is 1.71 bits per heavy atom. The molecule has 0 aromatic carbocycles. The van der Waals surface area contributed by atoms with E-state index in [2.05, 4.69) is 6.92 Å². The molecular formula is C6H11O. The summed E-state index contributed by atoms with van der Waals surface area (Å²) in [5.74, 6) is 0.764. The van der Waals surface area contributed by atoms with Crippen LogP contribution in [-0.4, -0.2) is 13.2 Å². The van der Waals surface area contributed by atoms with Gasteiger partial charge in [-0.2, -0.15) is 0 Å². The van der Waals surface area contributed by atoms with E-state index in [1.807, 2.05) is 0 Å². The summed E-state index contributed by atoms with van der Waals surface area (Å²) in [5.41, 5.74) is 0. The third-order valence-electron chi connectivity index (χ3n) is 1.43. The lowest BCUT2D eigenvalue weighted by Gasteiger charge is -1.97. The van der Waals surface area contributed by atoms with Gasteiger partial charge in [0.2, 0.25) is 0 Å². The molecule has 1 aliphatic rings. The van der Waals surface area contributed by atoms with E-state index >= 15 is 0 Å². The minimum atomic E-state index is 0.764. The smallest absolute Gasteiger partial charge is 0.0495 e. The lowest BCUT2D eigenvalue weighted by molar-refractivity contribution is 0.186. The monoisotopic (exact) mass is 99.1 g/mol. The van der Waals surface area contributed by atoms with Crippen LogP contribution >= 0.6 is 0 Å². The lowest BCUT2D eigenvalue weighted by atomic mass is 10.1. The highest BCUT2D eigenvalue weighted by Crippen LogP contribution is 2.14. The fraction of sp³-hybridized carbons (Fsp3) is 0.833. The Labute approximate surface area is 44.7 Å². The average molecular weight is 99.2 g/mol. The fourth-order valence-corrected chi connectivity index (χ4v) is 0.811. The molecule has 0 N–H and O–H groups in total. The summed E-state index contributed by atoms with van der Waals surface area (Å²) in [4.78, 5) is 0. The molecule has 1 heteroatoms. The van der Waals surface area contributed by atoms with Gasteiger partial charge >= 0.3 is 0 Å². The van der Waals surface area contributed by atoms with Gasteiger partial charge in [-0.25, -0.2) is 0 Å². The summed E-state index contributed by atoms with van der Waals surface area (Å²) in [7, 11) is 0. The van der Waals surface area contributed by atoms with Gasteiger partial charge in [-0.05, 0) is 18.8 Å². The number of ether oxygens (including phenoxy) is 1. The number of hydrogen-bond acceptors (Lipinski definition) is 1. The molecule has 7 heavy (non-hydrogen) atoms. The Bertz CT molecular complexity index is 46.1. The van der Waals surface area contributed by atoms with Crippen LogP contribution < -0.4 is 0 Å². The normalized spacial score (nSPS) is 31.3. The van der Waals surface area contributed by atoms with Crippen LogP contribution in [0.3, 0.4) is 0 Å². The van der Waals surface area contributed by atoms with Gasteiger partial charge in [0.05, 0.1) is 0 Å². The molecule has 1 fully saturated rings. The van der Waals surface area contributed by atoms with Crippen LogP contribution in [0.15, 0.2) is 0 Å². The highest BCUT2D eigenvalue weighted by molar-refractivity contribution is 4.63. The molecule has 41 valence electrons. The molecular weight excluding hydrogens is 88.1 g/mol. The molecule has 0 bridgehead atoms. The molecule has 1 aliphatic heterocycles. The Balaban J connectivity index is 2.14. The van der Waals surface area contributed by atoms with Crippen molar-refractivity contribution < 1.29 is 4.74 Å². The van der Waals surface area contributed by atoms with Gasteiger partial charge in [0.15, 0.2) is 0 Å². The topological polar surface area (TPSA) is 9.23 Å². The molecule has 0 spiro atoms. The Morgan fingerprint density at radius 2 is 2.57 bits per heavy atom. The summed E-state index contributed by atoms with van der Waals surface area (Å²) >= 11 is 0. The quantitative estimate of drug-likeness (QED) is 0.480. The zero-order chi connectivity index (χ0) is 5.11. The summed E-state index contributed by atoms with van der Waals surface area (Å²) in [6.07, 6.45) is 2.27. The van der Waals surface area contributed by atoms with Crippen molar-refractivity contribution in [2.24, 2.45) is 5.92 Å². The Morgan fingerprint density at radius 3 is 2.86 bits per heavy atom. The minimum Gasteiger partial charge on any atom is -0.381 e. The van der Waals surface area contributed by atoms with Crippen molar-refractivity contribution in [3.63, 3.8) is 0 Å². The first kappa shape index (κ1) is 5.10. The van der Waals surface area contributed by atoms with E-state index < -0.39 is 0 Å². The van der Waals surface area contributed by atoms with Crippen molar-refractivity contribution >= 4 is 0 Å². The van der Waals surface area contributed by atoms with Gasteiger partial charge in [0.25, 0.3) is 0 Å². The van der Waals surface area contributed by atoms with E-state index in [1.165, 1.54) is 6.42 Å². The molecule has 0 aromatic heterocycles. The first-order valence-electron chi connectivity index (χ1n) is 2.80. The summed E-state index contributed by atoms with van der Waals surface area (Å²) in [6.45, 7) is 5.69. The second-order valence-electron chi connectivity index (χ2n) is 2.02. The molecule has 1 nitrogen and oxygen atoms in total. The summed E-state index contributed by atoms with van der Waals surface area (Å²) in [5, 5.41) is 0. The maximum Gasteiger partial charge on any atom is 0.0495 e. The van der Waals surface area contributed by atoms with E-state index in [9.17, 15) is 0 Å². The van der Waals surface area contributed by atoms with Crippen LogP contribution in [0.25, 0.3) is 0 Å². The first-order valence-corrected chi connectivity index (χ1v) is 2.80. The van der Waals surface area contributed by atoms with Crippen molar-refractivity contribution in [2.75, 3.05) is 13.2 Å². The molecule has 0 aliphatic carbocycles. The van der Waals surface area contributed by atoms with Gasteiger partial charge < -0.3 is 4.74 Å². The third-order valence-corrected chi connectivity index (χ3v) is 1.43. The molecule has 1 atom stereocenters. The van der Waals surface area contributed by atoms with E-state index in [0.29, 0.717) is 0 Å². The van der Waals surface area contributed by atoms with Gasteiger partial charge in [-0.1, -0.05) is 6.92 Å². The van der Waals surface area contributed by atoms with Gasteiger partial charge in [0.1, 0.15) is 0 Å². The summed E-state index contributed by atoms with van der Waals surface area (Å²) in [6, 6.07) is 0. The SMILES string of the molecule is [CH2]CC1CCOC1. The van der Waals surface area contributed by atoms with Crippen LogP contribution in [-0.2, 0) is 4.74 Å².